The molecule has 2 atom stereocenters. The van der Waals surface area contributed by atoms with E-state index in [0.29, 0.717) is 11.1 Å². The molecule has 0 aromatic heterocycles. The maximum Gasteiger partial charge on any atom is 0.171 e. The number of hydrogen-bond acceptors (Lipinski definition) is 2. The highest BCUT2D eigenvalue weighted by Crippen LogP contribution is 2.55. The molecule has 0 N–H and O–H groups in total. The maximum atomic E-state index is 13.4. The van der Waals surface area contributed by atoms with E-state index < -0.39 is 0 Å². The maximum absolute atomic E-state index is 13.4. The van der Waals surface area contributed by atoms with Gasteiger partial charge in [-0.1, -0.05) is 78.9 Å². The molecule has 120 valence electrons. The van der Waals surface area contributed by atoms with E-state index in [4.69, 9.17) is 0 Å². The van der Waals surface area contributed by atoms with Crippen LogP contribution in [0.5, 0.6) is 0 Å². The van der Waals surface area contributed by atoms with Gasteiger partial charge in [0.25, 0.3) is 0 Å². The van der Waals surface area contributed by atoms with Gasteiger partial charge in [-0.3, -0.25) is 9.59 Å². The van der Waals surface area contributed by atoms with Gasteiger partial charge in [-0.15, -0.1) is 0 Å². The Labute approximate surface area is 146 Å². The van der Waals surface area contributed by atoms with Crippen molar-refractivity contribution in [3.8, 4) is 0 Å². The summed E-state index contributed by atoms with van der Waals surface area (Å²) in [5.41, 5.74) is 4.21. The number of ketones is 2. The quantitative estimate of drug-likeness (QED) is 0.648. The molecule has 0 fully saturated rings. The smallest absolute Gasteiger partial charge is 0.171 e. The SMILES string of the molecule is O=C1c2ccccc2C2C(=O)c3ccccc3C1C2c1ccccc1. The number of carbonyl (C=O) groups is 2. The van der Waals surface area contributed by atoms with Crippen LogP contribution in [0, 0.1) is 0 Å². The summed E-state index contributed by atoms with van der Waals surface area (Å²) >= 11 is 0. The van der Waals surface area contributed by atoms with Gasteiger partial charge in [0.15, 0.2) is 11.6 Å². The summed E-state index contributed by atoms with van der Waals surface area (Å²) in [7, 11) is 0. The summed E-state index contributed by atoms with van der Waals surface area (Å²) in [5, 5.41) is 0. The molecule has 3 aromatic carbocycles. The zero-order chi connectivity index (χ0) is 17.0. The summed E-state index contributed by atoms with van der Waals surface area (Å²) in [6.45, 7) is 0. The highest BCUT2D eigenvalue weighted by molar-refractivity contribution is 6.15. The van der Waals surface area contributed by atoms with Crippen LogP contribution in [0.2, 0.25) is 0 Å². The minimum absolute atomic E-state index is 0.126. The molecule has 2 aliphatic carbocycles. The van der Waals surface area contributed by atoms with Crippen LogP contribution in [0.4, 0.5) is 0 Å². The van der Waals surface area contributed by atoms with Crippen LogP contribution in [0.15, 0.2) is 78.9 Å². The van der Waals surface area contributed by atoms with E-state index in [1.807, 2.05) is 78.9 Å². The van der Waals surface area contributed by atoms with Crippen LogP contribution < -0.4 is 0 Å². The van der Waals surface area contributed by atoms with Crippen molar-refractivity contribution in [2.24, 2.45) is 0 Å². The summed E-state index contributed by atoms with van der Waals surface area (Å²) < 4.78 is 0. The lowest BCUT2D eigenvalue weighted by Gasteiger charge is -2.42. The van der Waals surface area contributed by atoms with Crippen molar-refractivity contribution < 1.29 is 9.59 Å². The van der Waals surface area contributed by atoms with Gasteiger partial charge >= 0.3 is 0 Å². The molecule has 0 amide bonds. The highest BCUT2D eigenvalue weighted by atomic mass is 16.1. The standard InChI is InChI=1S/C23H16O2/c24-22-17-12-6-4-10-15(17)20-19(14-8-2-1-3-9-14)21(22)16-11-5-7-13-18(16)23(20)25/h1-13,19-21H. The first-order chi connectivity index (χ1) is 12.3. The van der Waals surface area contributed by atoms with Crippen molar-refractivity contribution >= 4 is 11.6 Å². The minimum atomic E-state index is -0.295. The monoisotopic (exact) mass is 324 g/mol. The second kappa shape index (κ2) is 5.25. The highest BCUT2D eigenvalue weighted by Gasteiger charge is 2.51. The first kappa shape index (κ1) is 14.4. The molecule has 0 saturated carbocycles. The predicted molar refractivity (Wildman–Crippen MR) is 96.2 cm³/mol. The van der Waals surface area contributed by atoms with Crippen molar-refractivity contribution in [1.82, 2.24) is 0 Å². The molecule has 25 heavy (non-hydrogen) atoms. The number of hydrogen-bond donors (Lipinski definition) is 0. The lowest BCUT2D eigenvalue weighted by atomic mass is 9.57. The Bertz CT molecular complexity index is 940. The van der Waals surface area contributed by atoms with Crippen LogP contribution in [-0.2, 0) is 0 Å². The Hall–Kier alpha value is -3.00. The fourth-order valence-corrected chi connectivity index (χ4v) is 4.57. The number of benzene rings is 3. The van der Waals surface area contributed by atoms with E-state index >= 15 is 0 Å². The zero-order valence-electron chi connectivity index (χ0n) is 13.6. The largest absolute Gasteiger partial charge is 0.293 e. The van der Waals surface area contributed by atoms with E-state index in [-0.39, 0.29) is 29.3 Å². The van der Waals surface area contributed by atoms with Gasteiger partial charge in [0.1, 0.15) is 0 Å². The molecule has 2 aliphatic rings. The van der Waals surface area contributed by atoms with Crippen molar-refractivity contribution in [3.63, 3.8) is 0 Å². The summed E-state index contributed by atoms with van der Waals surface area (Å²) in [4.78, 5) is 26.7. The van der Waals surface area contributed by atoms with Crippen LogP contribution in [0.1, 0.15) is 55.2 Å². The van der Waals surface area contributed by atoms with Gasteiger partial charge in [-0.2, -0.15) is 0 Å². The van der Waals surface area contributed by atoms with Crippen LogP contribution >= 0.6 is 0 Å². The molecule has 2 unspecified atom stereocenters. The van der Waals surface area contributed by atoms with E-state index in [9.17, 15) is 9.59 Å². The Kier molecular flexibility index (Phi) is 3.01. The summed E-state index contributed by atoms with van der Waals surface area (Å²) in [5.74, 6) is -0.472. The van der Waals surface area contributed by atoms with Gasteiger partial charge < -0.3 is 0 Å². The molecule has 0 aliphatic heterocycles. The van der Waals surface area contributed by atoms with Gasteiger partial charge in [0.2, 0.25) is 0 Å². The minimum Gasteiger partial charge on any atom is -0.293 e. The Balaban J connectivity index is 1.84. The van der Waals surface area contributed by atoms with Crippen molar-refractivity contribution in [3.05, 3.63) is 107 Å². The van der Waals surface area contributed by atoms with Gasteiger partial charge in [-0.05, 0) is 16.7 Å². The Morgan fingerprint density at radius 1 is 0.520 bits per heavy atom. The summed E-state index contributed by atoms with van der Waals surface area (Å²) in [6.07, 6.45) is 0. The normalized spacial score (nSPS) is 23.8. The van der Waals surface area contributed by atoms with Crippen LogP contribution in [0.25, 0.3) is 0 Å². The topological polar surface area (TPSA) is 34.1 Å². The predicted octanol–water partition coefficient (Wildman–Crippen LogP) is 4.73. The van der Waals surface area contributed by atoms with Gasteiger partial charge in [-0.25, -0.2) is 0 Å². The molecule has 0 spiro atoms. The molecule has 2 heteroatoms. The lowest BCUT2D eigenvalue weighted by molar-refractivity contribution is 0.0852. The fourth-order valence-electron chi connectivity index (χ4n) is 4.57. The molecular formula is C23H16O2. The van der Waals surface area contributed by atoms with Crippen molar-refractivity contribution in [2.45, 2.75) is 17.8 Å². The molecule has 3 aromatic rings. The van der Waals surface area contributed by atoms with E-state index in [2.05, 4.69) is 0 Å². The molecule has 5 rings (SSSR count). The zero-order valence-corrected chi connectivity index (χ0v) is 13.6. The number of fused-ring (bicyclic) bond motifs is 6. The summed E-state index contributed by atoms with van der Waals surface area (Å²) in [6, 6.07) is 25.2. The molecule has 0 radical (unpaired) electrons. The Morgan fingerprint density at radius 3 is 1.48 bits per heavy atom. The second-order valence-corrected chi connectivity index (χ2v) is 6.79. The number of Topliss-reactive ketones (excluding diaryl/α,β-unsaturated/α-hetero) is 2. The first-order valence-electron chi connectivity index (χ1n) is 8.58. The molecular weight excluding hydrogens is 308 g/mol. The second-order valence-electron chi connectivity index (χ2n) is 6.79. The average Bonchev–Trinajstić information content (AvgIpc) is 2.68. The third kappa shape index (κ3) is 1.91. The van der Waals surface area contributed by atoms with Crippen molar-refractivity contribution in [1.29, 1.82) is 0 Å². The number of rotatable bonds is 1. The lowest BCUT2D eigenvalue weighted by Crippen LogP contribution is -2.40. The van der Waals surface area contributed by atoms with Gasteiger partial charge in [0, 0.05) is 17.0 Å². The van der Waals surface area contributed by atoms with Crippen LogP contribution in [-0.4, -0.2) is 11.6 Å². The Morgan fingerprint density at radius 2 is 0.960 bits per heavy atom. The van der Waals surface area contributed by atoms with Crippen molar-refractivity contribution in [2.75, 3.05) is 0 Å². The molecule has 0 saturated heterocycles. The van der Waals surface area contributed by atoms with E-state index in [1.165, 1.54) is 0 Å². The third-order valence-corrected chi connectivity index (χ3v) is 5.59. The number of carbonyl (C=O) groups excluding carboxylic acids is 2. The first-order valence-corrected chi connectivity index (χ1v) is 8.58. The average molecular weight is 324 g/mol. The van der Waals surface area contributed by atoms with E-state index in [1.54, 1.807) is 0 Å². The van der Waals surface area contributed by atoms with Gasteiger partial charge in [0.05, 0.1) is 11.8 Å². The molecule has 2 bridgehead atoms. The molecule has 0 heterocycles. The fraction of sp³-hybridized carbons (Fsp3) is 0.130. The molecule has 2 nitrogen and oxygen atoms in total. The third-order valence-electron chi connectivity index (χ3n) is 5.59. The van der Waals surface area contributed by atoms with E-state index in [0.717, 1.165) is 16.7 Å². The van der Waals surface area contributed by atoms with Crippen LogP contribution in [0.3, 0.4) is 0 Å².